The van der Waals surface area contributed by atoms with Gasteiger partial charge in [0, 0.05) is 22.7 Å². The van der Waals surface area contributed by atoms with Crippen LogP contribution in [-0.4, -0.2) is 11.9 Å². The van der Waals surface area contributed by atoms with Gasteiger partial charge in [0.2, 0.25) is 0 Å². The largest absolute Gasteiger partial charge is 0.255 e. The monoisotopic (exact) mass is 626 g/mol. The van der Waals surface area contributed by atoms with Crippen molar-refractivity contribution in [3.8, 4) is 0 Å². The molecule has 0 aliphatic carbocycles. The van der Waals surface area contributed by atoms with Crippen LogP contribution >= 0.6 is 0 Å². The fourth-order valence-electron chi connectivity index (χ4n) is 5.17. The molecule has 0 radical (unpaired) electrons. The number of aryl methyl sites for hydroxylation is 2. The van der Waals surface area contributed by atoms with Crippen molar-refractivity contribution in [3.63, 3.8) is 0 Å². The third-order valence-corrected chi connectivity index (χ3v) is 7.83. The molecule has 240 valence electrons. The van der Waals surface area contributed by atoms with E-state index >= 15 is 0 Å². The Bertz CT molecular complexity index is 1070. The number of para-hydroxylation sites is 2. The molecule has 0 aromatic heterocycles. The van der Waals surface area contributed by atoms with Gasteiger partial charge in [-0.1, -0.05) is 139 Å². The second kappa shape index (κ2) is 27.3. The standard InChI is InChI=1S/C40H60N2.Ni/c1-4-7-10-12-14-16-18-20-22-28-36-30-24-26-33-39(36)41-35-38(32-9-6-3)42-40-34-27-25-31-37(40)29-23-21-19-17-15-13-11-8-5-2;/h18-21,24-27,30-31,33-35H,4-17,22-23,28-29,32H2,1-3H3;/b20-18+,21-19+,41-35-,42-38+;. The first-order valence-corrected chi connectivity index (χ1v) is 17.4. The summed E-state index contributed by atoms with van der Waals surface area (Å²) in [6.45, 7) is 6.79. The van der Waals surface area contributed by atoms with Gasteiger partial charge in [-0.3, -0.25) is 9.98 Å². The zero-order valence-electron chi connectivity index (χ0n) is 27.7. The van der Waals surface area contributed by atoms with Crippen molar-refractivity contribution in [2.24, 2.45) is 9.98 Å². The molecule has 0 amide bonds. The third-order valence-electron chi connectivity index (χ3n) is 7.83. The van der Waals surface area contributed by atoms with Crippen LogP contribution in [0.4, 0.5) is 11.4 Å². The van der Waals surface area contributed by atoms with E-state index in [4.69, 9.17) is 9.98 Å². The van der Waals surface area contributed by atoms with Crippen LogP contribution in [0, 0.1) is 0 Å². The molecular formula is C40H60N2Ni. The molecule has 0 saturated carbocycles. The minimum Gasteiger partial charge on any atom is -0.255 e. The van der Waals surface area contributed by atoms with E-state index in [-0.39, 0.29) is 16.5 Å². The van der Waals surface area contributed by atoms with E-state index in [0.29, 0.717) is 0 Å². The molecule has 0 unspecified atom stereocenters. The van der Waals surface area contributed by atoms with E-state index in [1.165, 1.54) is 88.2 Å². The summed E-state index contributed by atoms with van der Waals surface area (Å²) in [6.07, 6.45) is 34.8. The van der Waals surface area contributed by atoms with Crippen LogP contribution in [0.1, 0.15) is 141 Å². The first kappa shape index (κ1) is 38.8. The average Bonchev–Trinajstić information content (AvgIpc) is 3.02. The van der Waals surface area contributed by atoms with Gasteiger partial charge in [-0.15, -0.1) is 0 Å². The summed E-state index contributed by atoms with van der Waals surface area (Å²) in [5.41, 5.74) is 5.88. The summed E-state index contributed by atoms with van der Waals surface area (Å²) in [4.78, 5) is 10.1. The fraction of sp³-hybridized carbons (Fsp3) is 0.550. The van der Waals surface area contributed by atoms with Crippen molar-refractivity contribution in [1.29, 1.82) is 0 Å². The predicted octanol–water partition coefficient (Wildman–Crippen LogP) is 13.0. The number of rotatable bonds is 24. The third kappa shape index (κ3) is 18.9. The van der Waals surface area contributed by atoms with Gasteiger partial charge in [0.15, 0.2) is 0 Å². The van der Waals surface area contributed by atoms with Crippen LogP contribution in [0.15, 0.2) is 82.8 Å². The molecule has 0 aliphatic heterocycles. The summed E-state index contributed by atoms with van der Waals surface area (Å²) in [5, 5.41) is 0. The van der Waals surface area contributed by atoms with Gasteiger partial charge < -0.3 is 0 Å². The van der Waals surface area contributed by atoms with Gasteiger partial charge in [-0.2, -0.15) is 0 Å². The van der Waals surface area contributed by atoms with Crippen molar-refractivity contribution in [2.45, 2.75) is 143 Å². The molecule has 0 atom stereocenters. The van der Waals surface area contributed by atoms with E-state index in [1.807, 2.05) is 6.21 Å². The Morgan fingerprint density at radius 2 is 1.00 bits per heavy atom. The van der Waals surface area contributed by atoms with Crippen LogP contribution < -0.4 is 0 Å². The molecule has 2 rings (SSSR count). The molecule has 0 fully saturated rings. The molecule has 0 N–H and O–H groups in total. The van der Waals surface area contributed by atoms with Gasteiger partial charge in [-0.05, 0) is 87.5 Å². The van der Waals surface area contributed by atoms with E-state index in [0.717, 1.165) is 62.0 Å². The molecule has 0 heterocycles. The second-order valence-electron chi connectivity index (χ2n) is 11.6. The maximum Gasteiger partial charge on any atom is 0.0665 e. The SMILES string of the molecule is CCCCCCC/C=C/CCc1ccccc1/N=C\C(CCCC)=N\c1ccccc1CC/C=C/CCCCCCC.[Ni]. The molecule has 0 bridgehead atoms. The molecule has 2 nitrogen and oxygen atoms in total. The Hall–Kier alpha value is -2.25. The number of unbranched alkanes of at least 4 members (excludes halogenated alkanes) is 11. The Balaban J connectivity index is 0.00000924. The van der Waals surface area contributed by atoms with E-state index in [1.54, 1.807) is 0 Å². The van der Waals surface area contributed by atoms with Crippen LogP contribution in [0.25, 0.3) is 0 Å². The Labute approximate surface area is 275 Å². The first-order chi connectivity index (χ1) is 20.8. The molecule has 0 aliphatic rings. The number of nitrogens with zero attached hydrogens (tertiary/aromatic N) is 2. The van der Waals surface area contributed by atoms with E-state index in [9.17, 15) is 0 Å². The maximum atomic E-state index is 5.15. The van der Waals surface area contributed by atoms with Gasteiger partial charge in [0.25, 0.3) is 0 Å². The number of benzene rings is 2. The summed E-state index contributed by atoms with van der Waals surface area (Å²) in [7, 11) is 0. The minimum atomic E-state index is 0. The topological polar surface area (TPSA) is 24.7 Å². The average molecular weight is 628 g/mol. The van der Waals surface area contributed by atoms with Gasteiger partial charge in [0.1, 0.15) is 0 Å². The summed E-state index contributed by atoms with van der Waals surface area (Å²) < 4.78 is 0. The quantitative estimate of drug-likeness (QED) is 0.0479. The van der Waals surface area contributed by atoms with Gasteiger partial charge in [0.05, 0.1) is 17.1 Å². The summed E-state index contributed by atoms with van der Waals surface area (Å²) >= 11 is 0. The van der Waals surface area contributed by atoms with Crippen LogP contribution in [0.2, 0.25) is 0 Å². The first-order valence-electron chi connectivity index (χ1n) is 17.4. The van der Waals surface area contributed by atoms with Gasteiger partial charge in [-0.25, -0.2) is 0 Å². The number of hydrogen-bond donors (Lipinski definition) is 0. The smallest absolute Gasteiger partial charge is 0.0665 e. The molecule has 3 heteroatoms. The Kier molecular flexibility index (Phi) is 24.6. The van der Waals surface area contributed by atoms with Crippen molar-refractivity contribution in [2.75, 3.05) is 0 Å². The second-order valence-corrected chi connectivity index (χ2v) is 11.6. The van der Waals surface area contributed by atoms with E-state index in [2.05, 4.69) is 93.6 Å². The zero-order valence-corrected chi connectivity index (χ0v) is 28.6. The van der Waals surface area contributed by atoms with Crippen LogP contribution in [0.5, 0.6) is 0 Å². The molecule has 2 aromatic carbocycles. The van der Waals surface area contributed by atoms with Crippen molar-refractivity contribution in [3.05, 3.63) is 84.0 Å². The van der Waals surface area contributed by atoms with Crippen molar-refractivity contribution in [1.82, 2.24) is 0 Å². The fourth-order valence-corrected chi connectivity index (χ4v) is 5.17. The molecule has 2 aromatic rings. The summed E-state index contributed by atoms with van der Waals surface area (Å²) in [6, 6.07) is 17.2. The maximum absolute atomic E-state index is 5.15. The number of aliphatic imine (C=N–C) groups is 2. The van der Waals surface area contributed by atoms with Crippen LogP contribution in [-0.2, 0) is 29.3 Å². The molecule has 0 spiro atoms. The molecular weight excluding hydrogens is 567 g/mol. The zero-order chi connectivity index (χ0) is 29.9. The molecule has 0 saturated heterocycles. The van der Waals surface area contributed by atoms with Crippen LogP contribution in [0.3, 0.4) is 0 Å². The molecule has 43 heavy (non-hydrogen) atoms. The van der Waals surface area contributed by atoms with Gasteiger partial charge >= 0.3 is 0 Å². The number of hydrogen-bond acceptors (Lipinski definition) is 2. The Morgan fingerprint density at radius 3 is 1.56 bits per heavy atom. The van der Waals surface area contributed by atoms with Crippen molar-refractivity contribution >= 4 is 23.3 Å². The van der Waals surface area contributed by atoms with Crippen molar-refractivity contribution < 1.29 is 16.5 Å². The predicted molar refractivity (Wildman–Crippen MR) is 189 cm³/mol. The van der Waals surface area contributed by atoms with E-state index < -0.39 is 0 Å². The summed E-state index contributed by atoms with van der Waals surface area (Å²) in [5.74, 6) is 0. The minimum absolute atomic E-state index is 0. The number of allylic oxidation sites excluding steroid dienone is 4. The normalized spacial score (nSPS) is 12.1. The Morgan fingerprint density at radius 1 is 0.535 bits per heavy atom.